The van der Waals surface area contributed by atoms with E-state index >= 15 is 0 Å². The zero-order valence-electron chi connectivity index (χ0n) is 8.37. The third-order valence-corrected chi connectivity index (χ3v) is 2.65. The van der Waals surface area contributed by atoms with Crippen molar-refractivity contribution in [3.8, 4) is 0 Å². The van der Waals surface area contributed by atoms with Crippen molar-refractivity contribution < 1.29 is 9.53 Å². The average Bonchev–Trinajstić information content (AvgIpc) is 2.19. The van der Waals surface area contributed by atoms with Gasteiger partial charge >= 0.3 is 5.97 Å². The fraction of sp³-hybridized carbons (Fsp3) is 0.400. The van der Waals surface area contributed by atoms with E-state index in [1.807, 2.05) is 19.1 Å². The number of esters is 1. The number of pyridine rings is 1. The van der Waals surface area contributed by atoms with E-state index in [1.165, 1.54) is 7.11 Å². The van der Waals surface area contributed by atoms with Crippen LogP contribution in [0, 0.1) is 6.92 Å². The fourth-order valence-corrected chi connectivity index (χ4v) is 1.72. The van der Waals surface area contributed by atoms with E-state index in [0.29, 0.717) is 0 Å². The Labute approximate surface area is 91.6 Å². The predicted octanol–water partition coefficient (Wildman–Crippen LogP) is 2.43. The highest BCUT2D eigenvalue weighted by Gasteiger charge is 2.19. The second kappa shape index (κ2) is 4.55. The molecule has 0 aromatic carbocycles. The van der Waals surface area contributed by atoms with Crippen molar-refractivity contribution in [2.45, 2.75) is 19.8 Å². The summed E-state index contributed by atoms with van der Waals surface area (Å²) >= 11 is 3.36. The van der Waals surface area contributed by atoms with Crippen molar-refractivity contribution in [1.29, 1.82) is 0 Å². The summed E-state index contributed by atoms with van der Waals surface area (Å²) in [5.74, 6) is -0.613. The molecule has 3 nitrogen and oxygen atoms in total. The topological polar surface area (TPSA) is 39.2 Å². The summed E-state index contributed by atoms with van der Waals surface area (Å²) in [6.45, 7) is 3.66. The highest BCUT2D eigenvalue weighted by molar-refractivity contribution is 9.10. The van der Waals surface area contributed by atoms with E-state index in [2.05, 4.69) is 25.7 Å². The van der Waals surface area contributed by atoms with E-state index in [1.54, 1.807) is 6.92 Å². The maximum Gasteiger partial charge on any atom is 0.314 e. The quantitative estimate of drug-likeness (QED) is 0.765. The summed E-state index contributed by atoms with van der Waals surface area (Å²) in [5, 5.41) is 0. The van der Waals surface area contributed by atoms with Gasteiger partial charge < -0.3 is 4.74 Å². The molecule has 1 aromatic heterocycles. The number of hydrogen-bond acceptors (Lipinski definition) is 3. The number of halogens is 1. The van der Waals surface area contributed by atoms with Crippen LogP contribution in [-0.2, 0) is 9.53 Å². The van der Waals surface area contributed by atoms with E-state index in [-0.39, 0.29) is 11.9 Å². The maximum absolute atomic E-state index is 11.3. The first-order valence-electron chi connectivity index (χ1n) is 4.27. The van der Waals surface area contributed by atoms with Crippen LogP contribution < -0.4 is 0 Å². The molecule has 0 amide bonds. The molecule has 1 aromatic rings. The van der Waals surface area contributed by atoms with Gasteiger partial charge in [0, 0.05) is 10.2 Å². The number of ether oxygens (including phenoxy) is 1. The van der Waals surface area contributed by atoms with Crippen molar-refractivity contribution in [3.63, 3.8) is 0 Å². The van der Waals surface area contributed by atoms with Crippen LogP contribution >= 0.6 is 15.9 Å². The summed E-state index contributed by atoms with van der Waals surface area (Å²) in [7, 11) is 1.38. The van der Waals surface area contributed by atoms with Crippen LogP contribution in [-0.4, -0.2) is 18.1 Å². The lowest BCUT2D eigenvalue weighted by Crippen LogP contribution is -2.13. The Bertz CT molecular complexity index is 352. The smallest absolute Gasteiger partial charge is 0.314 e. The molecule has 14 heavy (non-hydrogen) atoms. The summed E-state index contributed by atoms with van der Waals surface area (Å²) in [5.41, 5.74) is 1.61. The SMILES string of the molecule is COC(=O)C(C)c1nc(C)ccc1Br. The second-order valence-corrected chi connectivity index (χ2v) is 3.92. The predicted molar refractivity (Wildman–Crippen MR) is 57.1 cm³/mol. The van der Waals surface area contributed by atoms with Gasteiger partial charge in [-0.1, -0.05) is 0 Å². The molecule has 0 saturated carbocycles. The molecule has 0 aliphatic heterocycles. The second-order valence-electron chi connectivity index (χ2n) is 3.06. The lowest BCUT2D eigenvalue weighted by molar-refractivity contribution is -0.142. The minimum absolute atomic E-state index is 0.274. The highest BCUT2D eigenvalue weighted by atomic mass is 79.9. The lowest BCUT2D eigenvalue weighted by Gasteiger charge is -2.10. The van der Waals surface area contributed by atoms with Crippen LogP contribution in [0.3, 0.4) is 0 Å². The molecule has 0 spiro atoms. The number of carbonyl (C=O) groups is 1. The van der Waals surface area contributed by atoms with Gasteiger partial charge in [-0.05, 0) is 41.9 Å². The van der Waals surface area contributed by atoms with Crippen LogP contribution in [0.15, 0.2) is 16.6 Å². The standard InChI is InChI=1S/C10H12BrNO2/c1-6-4-5-8(11)9(12-6)7(2)10(13)14-3/h4-5,7H,1-3H3. The molecular weight excluding hydrogens is 246 g/mol. The van der Waals surface area contributed by atoms with Crippen molar-refractivity contribution in [2.24, 2.45) is 0 Å². The highest BCUT2D eigenvalue weighted by Crippen LogP contribution is 2.23. The number of aromatic nitrogens is 1. The molecule has 1 rings (SSSR count). The van der Waals surface area contributed by atoms with Gasteiger partial charge in [0.15, 0.2) is 0 Å². The number of aryl methyl sites for hydroxylation is 1. The minimum atomic E-state index is -0.339. The van der Waals surface area contributed by atoms with E-state index < -0.39 is 0 Å². The van der Waals surface area contributed by atoms with Crippen molar-refractivity contribution in [2.75, 3.05) is 7.11 Å². The first-order chi connectivity index (χ1) is 6.56. The van der Waals surface area contributed by atoms with Gasteiger partial charge in [0.05, 0.1) is 18.7 Å². The lowest BCUT2D eigenvalue weighted by atomic mass is 10.1. The first-order valence-corrected chi connectivity index (χ1v) is 5.06. The van der Waals surface area contributed by atoms with E-state index in [9.17, 15) is 4.79 Å². The maximum atomic E-state index is 11.3. The number of rotatable bonds is 2. The van der Waals surface area contributed by atoms with E-state index in [0.717, 1.165) is 15.9 Å². The van der Waals surface area contributed by atoms with Gasteiger partial charge in [-0.3, -0.25) is 9.78 Å². The zero-order chi connectivity index (χ0) is 10.7. The molecule has 1 unspecified atom stereocenters. The summed E-state index contributed by atoms with van der Waals surface area (Å²) < 4.78 is 5.50. The van der Waals surface area contributed by atoms with Crippen LogP contribution in [0.2, 0.25) is 0 Å². The summed E-state index contributed by atoms with van der Waals surface area (Å²) in [6, 6.07) is 3.77. The van der Waals surface area contributed by atoms with Gasteiger partial charge in [0.2, 0.25) is 0 Å². The molecule has 0 saturated heterocycles. The third-order valence-electron chi connectivity index (χ3n) is 1.98. The number of nitrogens with zero attached hydrogens (tertiary/aromatic N) is 1. The molecular formula is C10H12BrNO2. The average molecular weight is 258 g/mol. The fourth-order valence-electron chi connectivity index (χ4n) is 1.15. The third kappa shape index (κ3) is 2.32. The van der Waals surface area contributed by atoms with Gasteiger partial charge in [0.25, 0.3) is 0 Å². The minimum Gasteiger partial charge on any atom is -0.469 e. The normalized spacial score (nSPS) is 12.3. The Morgan fingerprint density at radius 2 is 2.21 bits per heavy atom. The van der Waals surface area contributed by atoms with Crippen LogP contribution in [0.1, 0.15) is 24.2 Å². The van der Waals surface area contributed by atoms with Gasteiger partial charge in [-0.25, -0.2) is 0 Å². The molecule has 76 valence electrons. The zero-order valence-corrected chi connectivity index (χ0v) is 9.96. The van der Waals surface area contributed by atoms with Crippen molar-refractivity contribution in [1.82, 2.24) is 4.98 Å². The number of carbonyl (C=O) groups excluding carboxylic acids is 1. The van der Waals surface area contributed by atoms with Crippen LogP contribution in [0.25, 0.3) is 0 Å². The Morgan fingerprint density at radius 1 is 1.57 bits per heavy atom. The Balaban J connectivity index is 3.05. The molecule has 1 atom stereocenters. The van der Waals surface area contributed by atoms with Crippen LogP contribution in [0.4, 0.5) is 0 Å². The summed E-state index contributed by atoms with van der Waals surface area (Å²) in [6.07, 6.45) is 0. The molecule has 1 heterocycles. The van der Waals surface area contributed by atoms with Crippen molar-refractivity contribution in [3.05, 3.63) is 28.0 Å². The molecule has 0 aliphatic rings. The van der Waals surface area contributed by atoms with Gasteiger partial charge in [0.1, 0.15) is 0 Å². The molecule has 0 N–H and O–H groups in total. The largest absolute Gasteiger partial charge is 0.469 e. The molecule has 0 fully saturated rings. The van der Waals surface area contributed by atoms with Gasteiger partial charge in [-0.15, -0.1) is 0 Å². The first kappa shape index (κ1) is 11.2. The van der Waals surface area contributed by atoms with Crippen molar-refractivity contribution >= 4 is 21.9 Å². The summed E-state index contributed by atoms with van der Waals surface area (Å²) in [4.78, 5) is 15.6. The number of methoxy groups -OCH3 is 1. The van der Waals surface area contributed by atoms with Gasteiger partial charge in [-0.2, -0.15) is 0 Å². The molecule has 4 heteroatoms. The molecule has 0 aliphatic carbocycles. The van der Waals surface area contributed by atoms with E-state index in [4.69, 9.17) is 0 Å². The Morgan fingerprint density at radius 3 is 2.79 bits per heavy atom. The molecule has 0 radical (unpaired) electrons. The molecule has 0 bridgehead atoms. The van der Waals surface area contributed by atoms with Crippen LogP contribution in [0.5, 0.6) is 0 Å². The Hall–Kier alpha value is -0.900. The monoisotopic (exact) mass is 257 g/mol. The number of hydrogen-bond donors (Lipinski definition) is 0. The Kier molecular flexibility index (Phi) is 3.63.